The smallest absolute Gasteiger partial charge is 0.308 e. The van der Waals surface area contributed by atoms with Gasteiger partial charge in [-0.1, -0.05) is 20.3 Å². The Morgan fingerprint density at radius 2 is 1.92 bits per heavy atom. The largest absolute Gasteiger partial charge is 0.435 e. The number of rotatable bonds is 2. The Hall–Kier alpha value is -0.980. The average molecular weight is 340 g/mol. The number of carbonyl (C=O) groups is 2. The van der Waals surface area contributed by atoms with Gasteiger partial charge < -0.3 is 19.7 Å². The number of ether oxygens (including phenoxy) is 2. The molecule has 0 bridgehead atoms. The number of aliphatic hydroxyl groups is 2. The predicted molar refractivity (Wildman–Crippen MR) is 84.7 cm³/mol. The molecule has 0 spiro atoms. The van der Waals surface area contributed by atoms with E-state index < -0.39 is 35.2 Å². The summed E-state index contributed by atoms with van der Waals surface area (Å²) in [6.45, 7) is 5.50. The second-order valence-electron chi connectivity index (χ2n) is 8.27. The molecule has 3 aliphatic rings. The minimum absolute atomic E-state index is 0.0322. The van der Waals surface area contributed by atoms with Gasteiger partial charge in [-0.05, 0) is 31.1 Å². The average Bonchev–Trinajstić information content (AvgIpc) is 2.51. The number of ketones is 1. The lowest BCUT2D eigenvalue weighted by atomic mass is 9.43. The van der Waals surface area contributed by atoms with E-state index in [0.717, 1.165) is 12.8 Å². The Morgan fingerprint density at radius 1 is 1.25 bits per heavy atom. The van der Waals surface area contributed by atoms with Crippen molar-refractivity contribution >= 4 is 11.8 Å². The Bertz CT molecular complexity index is 548. The number of carbonyl (C=O) groups excluding carboxylic acids is 2. The van der Waals surface area contributed by atoms with Crippen molar-refractivity contribution in [1.29, 1.82) is 0 Å². The number of methoxy groups -OCH3 is 1. The molecule has 8 atom stereocenters. The van der Waals surface area contributed by atoms with Crippen molar-refractivity contribution in [1.82, 2.24) is 0 Å². The van der Waals surface area contributed by atoms with E-state index in [-0.39, 0.29) is 30.0 Å². The zero-order valence-corrected chi connectivity index (χ0v) is 14.8. The number of cyclic esters (lactones) is 1. The molecule has 3 rings (SSSR count). The van der Waals surface area contributed by atoms with Crippen LogP contribution in [0.4, 0.5) is 0 Å². The summed E-state index contributed by atoms with van der Waals surface area (Å²) in [7, 11) is 1.44. The van der Waals surface area contributed by atoms with Gasteiger partial charge in [-0.15, -0.1) is 0 Å². The summed E-state index contributed by atoms with van der Waals surface area (Å²) < 4.78 is 10.5. The summed E-state index contributed by atoms with van der Waals surface area (Å²) in [6, 6.07) is 0. The van der Waals surface area contributed by atoms with Crippen molar-refractivity contribution in [3.05, 3.63) is 0 Å². The van der Waals surface area contributed by atoms with Crippen LogP contribution in [-0.4, -0.2) is 47.6 Å². The lowest BCUT2D eigenvalue weighted by Crippen LogP contribution is -2.68. The van der Waals surface area contributed by atoms with Gasteiger partial charge in [0.15, 0.2) is 0 Å². The van der Waals surface area contributed by atoms with Crippen molar-refractivity contribution in [2.45, 2.75) is 65.0 Å². The molecular formula is C18H28O6. The molecule has 1 aliphatic heterocycles. The fourth-order valence-corrected chi connectivity index (χ4v) is 5.92. The van der Waals surface area contributed by atoms with Crippen LogP contribution in [0.2, 0.25) is 0 Å². The van der Waals surface area contributed by atoms with Crippen LogP contribution in [0, 0.1) is 28.6 Å². The number of fused-ring (bicyclic) bond motifs is 3. The zero-order valence-electron chi connectivity index (χ0n) is 14.8. The quantitative estimate of drug-likeness (QED) is 0.736. The van der Waals surface area contributed by atoms with Crippen LogP contribution in [-0.2, 0) is 19.1 Å². The molecule has 6 heteroatoms. The Morgan fingerprint density at radius 3 is 2.50 bits per heavy atom. The minimum atomic E-state index is -1.08. The van der Waals surface area contributed by atoms with Gasteiger partial charge in [0.2, 0.25) is 6.29 Å². The highest BCUT2D eigenvalue weighted by molar-refractivity contribution is 5.82. The van der Waals surface area contributed by atoms with Crippen LogP contribution in [0.5, 0.6) is 0 Å². The molecule has 0 radical (unpaired) electrons. The fraction of sp³-hybridized carbons (Fsp3) is 0.889. The molecule has 136 valence electrons. The molecule has 0 aromatic heterocycles. The third-order valence-electron chi connectivity index (χ3n) is 7.19. The van der Waals surface area contributed by atoms with E-state index in [0.29, 0.717) is 6.42 Å². The van der Waals surface area contributed by atoms with E-state index in [9.17, 15) is 19.8 Å². The van der Waals surface area contributed by atoms with E-state index in [1.165, 1.54) is 7.11 Å². The molecule has 1 saturated heterocycles. The molecule has 0 unspecified atom stereocenters. The molecule has 24 heavy (non-hydrogen) atoms. The van der Waals surface area contributed by atoms with Crippen LogP contribution in [0.25, 0.3) is 0 Å². The summed E-state index contributed by atoms with van der Waals surface area (Å²) >= 11 is 0. The van der Waals surface area contributed by atoms with Gasteiger partial charge in [-0.25, -0.2) is 0 Å². The Labute approximate surface area is 142 Å². The van der Waals surface area contributed by atoms with Gasteiger partial charge in [0.1, 0.15) is 5.78 Å². The second kappa shape index (κ2) is 5.78. The maximum atomic E-state index is 12.4. The van der Waals surface area contributed by atoms with Gasteiger partial charge in [-0.3, -0.25) is 9.59 Å². The maximum Gasteiger partial charge on any atom is 0.308 e. The third kappa shape index (κ3) is 2.26. The van der Waals surface area contributed by atoms with Crippen molar-refractivity contribution in [2.24, 2.45) is 28.6 Å². The summed E-state index contributed by atoms with van der Waals surface area (Å²) in [5.41, 5.74) is -1.11. The molecule has 1 heterocycles. The Kier molecular flexibility index (Phi) is 4.30. The summed E-state index contributed by atoms with van der Waals surface area (Å²) in [5.74, 6) is -1.34. The van der Waals surface area contributed by atoms with Crippen LogP contribution in [0.15, 0.2) is 0 Å². The molecule has 0 amide bonds. The lowest BCUT2D eigenvalue weighted by Gasteiger charge is -2.63. The summed E-state index contributed by atoms with van der Waals surface area (Å²) in [6.07, 6.45) is -0.416. The summed E-state index contributed by atoms with van der Waals surface area (Å²) in [4.78, 5) is 24.5. The van der Waals surface area contributed by atoms with Gasteiger partial charge in [0.25, 0.3) is 0 Å². The number of esters is 1. The fourth-order valence-electron chi connectivity index (χ4n) is 5.92. The Balaban J connectivity index is 2.10. The second-order valence-corrected chi connectivity index (χ2v) is 8.27. The first-order valence-electron chi connectivity index (χ1n) is 8.76. The van der Waals surface area contributed by atoms with Crippen LogP contribution in [0.3, 0.4) is 0 Å². The molecule has 6 nitrogen and oxygen atoms in total. The van der Waals surface area contributed by atoms with Crippen LogP contribution >= 0.6 is 0 Å². The minimum Gasteiger partial charge on any atom is -0.435 e. The lowest BCUT2D eigenvalue weighted by molar-refractivity contribution is -0.280. The molecular weight excluding hydrogens is 312 g/mol. The van der Waals surface area contributed by atoms with E-state index >= 15 is 0 Å². The highest BCUT2D eigenvalue weighted by Gasteiger charge is 2.66. The van der Waals surface area contributed by atoms with Gasteiger partial charge in [-0.2, -0.15) is 0 Å². The third-order valence-corrected chi connectivity index (χ3v) is 7.19. The van der Waals surface area contributed by atoms with Gasteiger partial charge in [0, 0.05) is 24.9 Å². The number of Topliss-reactive ketones (excluding diaryl/α,β-unsaturated/α-hetero) is 1. The topological polar surface area (TPSA) is 93.1 Å². The standard InChI is InChI=1S/C18H28O6/c1-9(19)17(2)6-5-7-18(3)10-8-11(20)24-16(23-4)12(10)13(21)14(22)15(17)18/h10,12-16,21-22H,5-8H2,1-4H3/t10-,12+,13-,14+,15-,16-,17+,18+/m0/s1. The monoisotopic (exact) mass is 340 g/mol. The normalized spacial score (nSPS) is 51.3. The van der Waals surface area contributed by atoms with Crippen molar-refractivity contribution < 1.29 is 29.3 Å². The molecule has 2 aliphatic carbocycles. The zero-order chi connectivity index (χ0) is 17.9. The molecule has 3 fully saturated rings. The van der Waals surface area contributed by atoms with Gasteiger partial charge >= 0.3 is 5.97 Å². The van der Waals surface area contributed by atoms with Crippen molar-refractivity contribution in [2.75, 3.05) is 7.11 Å². The SMILES string of the molecule is CO[C@H]1OC(=O)C[C@H]2[C@@H]1[C@H](O)[C@@H](O)[C@@H]1[C@]2(C)CCC[C@]1(C)C(C)=O. The van der Waals surface area contributed by atoms with Crippen molar-refractivity contribution in [3.63, 3.8) is 0 Å². The number of aliphatic hydroxyl groups excluding tert-OH is 2. The molecule has 2 saturated carbocycles. The van der Waals surface area contributed by atoms with E-state index in [1.54, 1.807) is 6.92 Å². The number of hydrogen-bond donors (Lipinski definition) is 2. The summed E-state index contributed by atoms with van der Waals surface area (Å²) in [5, 5.41) is 21.7. The highest BCUT2D eigenvalue weighted by atomic mass is 16.7. The number of hydrogen-bond acceptors (Lipinski definition) is 6. The maximum absolute atomic E-state index is 12.4. The first kappa shape index (κ1) is 17.8. The van der Waals surface area contributed by atoms with Crippen LogP contribution in [0.1, 0.15) is 46.5 Å². The molecule has 0 aromatic carbocycles. The predicted octanol–water partition coefficient (Wildman–Crippen LogP) is 1.28. The van der Waals surface area contributed by atoms with Crippen molar-refractivity contribution in [3.8, 4) is 0 Å². The van der Waals surface area contributed by atoms with Crippen LogP contribution < -0.4 is 0 Å². The van der Waals surface area contributed by atoms with E-state index in [2.05, 4.69) is 6.92 Å². The van der Waals surface area contributed by atoms with E-state index in [1.807, 2.05) is 6.92 Å². The first-order chi connectivity index (χ1) is 11.2. The highest BCUT2D eigenvalue weighted by Crippen LogP contribution is 2.63. The molecule has 0 aromatic rings. The van der Waals surface area contributed by atoms with E-state index in [4.69, 9.17) is 9.47 Å². The molecule has 2 N–H and O–H groups in total. The first-order valence-corrected chi connectivity index (χ1v) is 8.76. The van der Waals surface area contributed by atoms with Gasteiger partial charge in [0.05, 0.1) is 18.1 Å².